The van der Waals surface area contributed by atoms with E-state index in [0.29, 0.717) is 11.5 Å². The zero-order valence-electron chi connectivity index (χ0n) is 8.61. The number of hydrogen-bond donors (Lipinski definition) is 2. The van der Waals surface area contributed by atoms with Crippen LogP contribution in [-0.2, 0) is 7.05 Å². The summed E-state index contributed by atoms with van der Waals surface area (Å²) >= 11 is 0. The second-order valence-electron chi connectivity index (χ2n) is 3.39. The number of amides is 1. The first kappa shape index (κ1) is 9.51. The van der Waals surface area contributed by atoms with Crippen LogP contribution < -0.4 is 5.32 Å². The van der Waals surface area contributed by atoms with Gasteiger partial charge in [0.2, 0.25) is 0 Å². The minimum absolute atomic E-state index is 0.144. The molecule has 0 saturated carbocycles. The van der Waals surface area contributed by atoms with Crippen LogP contribution in [0.2, 0.25) is 0 Å². The van der Waals surface area contributed by atoms with Crippen LogP contribution in [0, 0.1) is 6.92 Å². The molecule has 0 saturated heterocycles. The Morgan fingerprint density at radius 3 is 2.93 bits per heavy atom. The summed E-state index contributed by atoms with van der Waals surface area (Å²) in [6.45, 7) is 1.88. The molecule has 0 aliphatic rings. The topological polar surface area (TPSA) is 62.7 Å². The van der Waals surface area contributed by atoms with Gasteiger partial charge in [-0.3, -0.25) is 9.89 Å². The first-order valence-electron chi connectivity index (χ1n) is 4.61. The molecule has 2 heterocycles. The molecule has 15 heavy (non-hydrogen) atoms. The SMILES string of the molecule is Cc1cn[nH]c1NC(=O)c1cccn1C. The Kier molecular flexibility index (Phi) is 2.29. The lowest BCUT2D eigenvalue weighted by atomic mass is 10.3. The van der Waals surface area contributed by atoms with Crippen LogP contribution in [0.1, 0.15) is 16.1 Å². The van der Waals surface area contributed by atoms with Crippen molar-refractivity contribution in [3.8, 4) is 0 Å². The maximum Gasteiger partial charge on any atom is 0.273 e. The Labute approximate surface area is 87.1 Å². The van der Waals surface area contributed by atoms with Crippen LogP contribution in [0.25, 0.3) is 0 Å². The lowest BCUT2D eigenvalue weighted by Crippen LogP contribution is -2.16. The average Bonchev–Trinajstić information content (AvgIpc) is 2.76. The average molecular weight is 204 g/mol. The first-order chi connectivity index (χ1) is 7.18. The van der Waals surface area contributed by atoms with E-state index in [1.54, 1.807) is 16.8 Å². The van der Waals surface area contributed by atoms with E-state index in [1.165, 1.54) is 0 Å². The Morgan fingerprint density at radius 1 is 1.60 bits per heavy atom. The van der Waals surface area contributed by atoms with E-state index in [0.717, 1.165) is 5.56 Å². The highest BCUT2D eigenvalue weighted by Gasteiger charge is 2.10. The quantitative estimate of drug-likeness (QED) is 0.774. The summed E-state index contributed by atoms with van der Waals surface area (Å²) in [7, 11) is 1.83. The number of carbonyl (C=O) groups is 1. The Bertz CT molecular complexity index is 483. The molecule has 0 aromatic carbocycles. The molecule has 0 radical (unpaired) electrons. The van der Waals surface area contributed by atoms with E-state index < -0.39 is 0 Å². The second-order valence-corrected chi connectivity index (χ2v) is 3.39. The molecule has 5 heteroatoms. The highest BCUT2D eigenvalue weighted by molar-refractivity contribution is 6.02. The van der Waals surface area contributed by atoms with Crippen molar-refractivity contribution < 1.29 is 4.79 Å². The van der Waals surface area contributed by atoms with Crippen LogP contribution in [0.4, 0.5) is 5.82 Å². The fourth-order valence-electron chi connectivity index (χ4n) is 1.35. The van der Waals surface area contributed by atoms with Crippen LogP contribution >= 0.6 is 0 Å². The minimum atomic E-state index is -0.144. The fraction of sp³-hybridized carbons (Fsp3) is 0.200. The number of anilines is 1. The van der Waals surface area contributed by atoms with Gasteiger partial charge in [0, 0.05) is 18.8 Å². The molecule has 2 aromatic heterocycles. The molecule has 0 atom stereocenters. The van der Waals surface area contributed by atoms with E-state index >= 15 is 0 Å². The molecule has 0 bridgehead atoms. The Balaban J connectivity index is 2.18. The van der Waals surface area contributed by atoms with Gasteiger partial charge in [-0.05, 0) is 19.1 Å². The van der Waals surface area contributed by atoms with Gasteiger partial charge in [0.15, 0.2) is 0 Å². The predicted octanol–water partition coefficient (Wildman–Crippen LogP) is 1.31. The third-order valence-corrected chi connectivity index (χ3v) is 2.24. The van der Waals surface area contributed by atoms with Crippen molar-refractivity contribution in [3.05, 3.63) is 35.8 Å². The molecule has 1 amide bonds. The number of aromatic nitrogens is 3. The summed E-state index contributed by atoms with van der Waals surface area (Å²) in [6.07, 6.45) is 3.50. The molecular weight excluding hydrogens is 192 g/mol. The van der Waals surface area contributed by atoms with Crippen LogP contribution in [-0.4, -0.2) is 20.7 Å². The number of aryl methyl sites for hydroxylation is 2. The second kappa shape index (κ2) is 3.61. The zero-order valence-corrected chi connectivity index (χ0v) is 8.61. The molecule has 0 spiro atoms. The number of nitrogens with one attached hydrogen (secondary N) is 2. The van der Waals surface area contributed by atoms with Gasteiger partial charge in [-0.2, -0.15) is 5.10 Å². The highest BCUT2D eigenvalue weighted by Crippen LogP contribution is 2.10. The first-order valence-corrected chi connectivity index (χ1v) is 4.61. The molecule has 0 unspecified atom stereocenters. The molecule has 0 aliphatic heterocycles. The van der Waals surface area contributed by atoms with Gasteiger partial charge in [0.1, 0.15) is 11.5 Å². The lowest BCUT2D eigenvalue weighted by Gasteiger charge is -2.04. The van der Waals surface area contributed by atoms with Crippen molar-refractivity contribution in [1.82, 2.24) is 14.8 Å². The van der Waals surface area contributed by atoms with Gasteiger partial charge in [-0.1, -0.05) is 0 Å². The number of nitrogens with zero attached hydrogens (tertiary/aromatic N) is 2. The van der Waals surface area contributed by atoms with E-state index in [1.807, 2.05) is 26.2 Å². The number of aromatic amines is 1. The summed E-state index contributed by atoms with van der Waals surface area (Å²) < 4.78 is 1.76. The largest absolute Gasteiger partial charge is 0.347 e. The smallest absolute Gasteiger partial charge is 0.273 e. The summed E-state index contributed by atoms with van der Waals surface area (Å²) in [6, 6.07) is 3.59. The van der Waals surface area contributed by atoms with Gasteiger partial charge >= 0.3 is 0 Å². The Morgan fingerprint density at radius 2 is 2.40 bits per heavy atom. The minimum Gasteiger partial charge on any atom is -0.347 e. The highest BCUT2D eigenvalue weighted by atomic mass is 16.2. The van der Waals surface area contributed by atoms with Gasteiger partial charge in [0.25, 0.3) is 5.91 Å². The number of rotatable bonds is 2. The standard InChI is InChI=1S/C10H12N4O/c1-7-6-11-13-9(7)12-10(15)8-4-3-5-14(8)2/h3-6H,1-2H3,(H2,11,12,13,15). The normalized spacial score (nSPS) is 10.3. The number of hydrogen-bond acceptors (Lipinski definition) is 2. The van der Waals surface area contributed by atoms with E-state index in [9.17, 15) is 4.79 Å². The Hall–Kier alpha value is -2.04. The molecular formula is C10H12N4O. The van der Waals surface area contributed by atoms with Crippen LogP contribution in [0.5, 0.6) is 0 Å². The lowest BCUT2D eigenvalue weighted by molar-refractivity contribution is 0.101. The van der Waals surface area contributed by atoms with Crippen molar-refractivity contribution in [2.24, 2.45) is 7.05 Å². The predicted molar refractivity (Wildman–Crippen MR) is 56.7 cm³/mol. The van der Waals surface area contributed by atoms with Crippen molar-refractivity contribution in [3.63, 3.8) is 0 Å². The molecule has 78 valence electrons. The molecule has 2 aromatic rings. The van der Waals surface area contributed by atoms with Crippen molar-refractivity contribution in [2.45, 2.75) is 6.92 Å². The van der Waals surface area contributed by atoms with Crippen molar-refractivity contribution >= 4 is 11.7 Å². The molecule has 2 rings (SSSR count). The van der Waals surface area contributed by atoms with Crippen LogP contribution in [0.3, 0.4) is 0 Å². The summed E-state index contributed by atoms with van der Waals surface area (Å²) in [4.78, 5) is 11.8. The summed E-state index contributed by atoms with van der Waals surface area (Å²) in [5.74, 6) is 0.496. The molecule has 2 N–H and O–H groups in total. The van der Waals surface area contributed by atoms with Gasteiger partial charge in [-0.15, -0.1) is 0 Å². The third kappa shape index (κ3) is 1.76. The van der Waals surface area contributed by atoms with Gasteiger partial charge < -0.3 is 9.88 Å². The number of H-pyrrole nitrogens is 1. The van der Waals surface area contributed by atoms with Crippen LogP contribution in [0.15, 0.2) is 24.5 Å². The zero-order chi connectivity index (χ0) is 10.8. The fourth-order valence-corrected chi connectivity index (χ4v) is 1.35. The van der Waals surface area contributed by atoms with Gasteiger partial charge in [-0.25, -0.2) is 0 Å². The summed E-state index contributed by atoms with van der Waals surface area (Å²) in [5.41, 5.74) is 1.53. The molecule has 0 aliphatic carbocycles. The number of carbonyl (C=O) groups excluding carboxylic acids is 1. The van der Waals surface area contributed by atoms with E-state index in [-0.39, 0.29) is 5.91 Å². The maximum absolute atomic E-state index is 11.8. The van der Waals surface area contributed by atoms with Gasteiger partial charge in [0.05, 0.1) is 6.20 Å². The summed E-state index contributed by atoms with van der Waals surface area (Å²) in [5, 5.41) is 9.31. The van der Waals surface area contributed by atoms with Crippen molar-refractivity contribution in [2.75, 3.05) is 5.32 Å². The monoisotopic (exact) mass is 204 g/mol. The third-order valence-electron chi connectivity index (χ3n) is 2.24. The molecule has 5 nitrogen and oxygen atoms in total. The van der Waals surface area contributed by atoms with E-state index in [4.69, 9.17) is 0 Å². The van der Waals surface area contributed by atoms with E-state index in [2.05, 4.69) is 15.5 Å². The molecule has 0 fully saturated rings. The maximum atomic E-state index is 11.8. The van der Waals surface area contributed by atoms with Crippen molar-refractivity contribution in [1.29, 1.82) is 0 Å².